The van der Waals surface area contributed by atoms with Crippen LogP contribution in [0.3, 0.4) is 0 Å². The molecule has 2 unspecified atom stereocenters. The van der Waals surface area contributed by atoms with Gasteiger partial charge in [0.1, 0.15) is 11.9 Å². The lowest BCUT2D eigenvalue weighted by Gasteiger charge is -2.20. The number of rotatable bonds is 6. The topological polar surface area (TPSA) is 71.6 Å². The summed E-state index contributed by atoms with van der Waals surface area (Å²) in [6.45, 7) is 5.27. The highest BCUT2D eigenvalue weighted by Gasteiger charge is 2.32. The molecular formula is C24H31N3O2. The van der Waals surface area contributed by atoms with E-state index in [1.54, 1.807) is 7.11 Å². The van der Waals surface area contributed by atoms with Gasteiger partial charge in [-0.1, -0.05) is 56.0 Å². The largest absolute Gasteiger partial charge is 0.388 e. The van der Waals surface area contributed by atoms with Gasteiger partial charge >= 0.3 is 0 Å². The molecule has 3 rings (SSSR count). The molecule has 0 bridgehead atoms. The van der Waals surface area contributed by atoms with Crippen LogP contribution in [0.25, 0.3) is 0 Å². The molecule has 1 aliphatic rings. The van der Waals surface area contributed by atoms with Crippen LogP contribution in [-0.4, -0.2) is 48.0 Å². The van der Waals surface area contributed by atoms with E-state index >= 15 is 0 Å². The summed E-state index contributed by atoms with van der Waals surface area (Å²) in [6, 6.07) is 14.3. The Morgan fingerprint density at radius 2 is 1.90 bits per heavy atom. The lowest BCUT2D eigenvalue weighted by atomic mass is 9.94. The number of methoxy groups -OCH3 is 1. The minimum absolute atomic E-state index is 0.194. The second-order valence-corrected chi connectivity index (χ2v) is 7.69. The molecule has 1 aromatic carbocycles. The number of hydrogen-bond donors (Lipinski definition) is 2. The minimum Gasteiger partial charge on any atom is -0.388 e. The van der Waals surface area contributed by atoms with Gasteiger partial charge in [0.15, 0.2) is 0 Å². The monoisotopic (exact) mass is 393 g/mol. The lowest BCUT2D eigenvalue weighted by Crippen LogP contribution is -2.36. The van der Waals surface area contributed by atoms with Crippen molar-refractivity contribution in [1.29, 1.82) is 0 Å². The van der Waals surface area contributed by atoms with Crippen molar-refractivity contribution in [2.24, 2.45) is 5.73 Å². The van der Waals surface area contributed by atoms with Crippen molar-refractivity contribution in [1.82, 2.24) is 4.98 Å². The van der Waals surface area contributed by atoms with Crippen LogP contribution in [0.15, 0.2) is 42.5 Å². The van der Waals surface area contributed by atoms with E-state index in [9.17, 15) is 5.11 Å². The first-order valence-corrected chi connectivity index (χ1v) is 10.3. The Morgan fingerprint density at radius 1 is 1.17 bits per heavy atom. The molecule has 29 heavy (non-hydrogen) atoms. The molecule has 1 fully saturated rings. The van der Waals surface area contributed by atoms with Crippen molar-refractivity contribution in [3.8, 4) is 11.8 Å². The molecule has 1 saturated heterocycles. The number of anilines is 1. The van der Waals surface area contributed by atoms with Crippen LogP contribution in [-0.2, 0) is 11.2 Å². The maximum Gasteiger partial charge on any atom is 0.129 e. The van der Waals surface area contributed by atoms with Crippen LogP contribution in [0, 0.1) is 11.8 Å². The van der Waals surface area contributed by atoms with Crippen molar-refractivity contribution in [2.45, 2.75) is 50.9 Å². The highest BCUT2D eigenvalue weighted by Crippen LogP contribution is 2.23. The Hall–Kier alpha value is -2.39. The van der Waals surface area contributed by atoms with Gasteiger partial charge in [-0.15, -0.1) is 0 Å². The Labute approximate surface area is 173 Å². The van der Waals surface area contributed by atoms with Gasteiger partial charge < -0.3 is 20.5 Å². The molecule has 2 aromatic rings. The summed E-state index contributed by atoms with van der Waals surface area (Å²) in [7, 11) is 1.63. The molecule has 2 heterocycles. The van der Waals surface area contributed by atoms with E-state index in [-0.39, 0.29) is 6.10 Å². The molecule has 1 aliphatic heterocycles. The second-order valence-electron chi connectivity index (χ2n) is 7.69. The zero-order valence-corrected chi connectivity index (χ0v) is 17.6. The van der Waals surface area contributed by atoms with E-state index in [2.05, 4.69) is 42.7 Å². The number of benzene rings is 1. The van der Waals surface area contributed by atoms with Crippen molar-refractivity contribution in [3.05, 3.63) is 59.3 Å². The molecule has 0 spiro atoms. The average Bonchev–Trinajstić information content (AvgIpc) is 3.14. The molecule has 0 aliphatic carbocycles. The lowest BCUT2D eigenvalue weighted by molar-refractivity contribution is 0.0217. The fourth-order valence-electron chi connectivity index (χ4n) is 3.50. The van der Waals surface area contributed by atoms with Crippen LogP contribution in [0.4, 0.5) is 5.82 Å². The number of pyridine rings is 1. The van der Waals surface area contributed by atoms with Gasteiger partial charge in [-0.2, -0.15) is 0 Å². The predicted octanol–water partition coefficient (Wildman–Crippen LogP) is 2.74. The first-order valence-electron chi connectivity index (χ1n) is 10.3. The van der Waals surface area contributed by atoms with Crippen molar-refractivity contribution < 1.29 is 9.84 Å². The average molecular weight is 394 g/mol. The van der Waals surface area contributed by atoms with Crippen LogP contribution in [0.5, 0.6) is 0 Å². The number of β-amino-alcohol motifs (C(OH)–C–C–N with tert-alkyl or cyclic N) is 1. The van der Waals surface area contributed by atoms with Crippen molar-refractivity contribution in [2.75, 3.05) is 25.1 Å². The molecule has 5 heteroatoms. The van der Waals surface area contributed by atoms with Gasteiger partial charge in [-0.25, -0.2) is 4.98 Å². The van der Waals surface area contributed by atoms with Gasteiger partial charge in [0.25, 0.3) is 0 Å². The number of ether oxygens (including phenoxy) is 1. The fraction of sp³-hybridized carbons (Fsp3) is 0.458. The molecule has 154 valence electrons. The van der Waals surface area contributed by atoms with Gasteiger partial charge in [-0.05, 0) is 30.5 Å². The van der Waals surface area contributed by atoms with Crippen LogP contribution >= 0.6 is 0 Å². The summed E-state index contributed by atoms with van der Waals surface area (Å²) in [4.78, 5) is 6.99. The Bertz CT molecular complexity index is 869. The van der Waals surface area contributed by atoms with Crippen molar-refractivity contribution in [3.63, 3.8) is 0 Å². The number of hydrogen-bond acceptors (Lipinski definition) is 5. The quantitative estimate of drug-likeness (QED) is 0.739. The maximum absolute atomic E-state index is 10.2. The molecule has 0 saturated carbocycles. The number of aliphatic hydroxyl groups is 1. The summed E-state index contributed by atoms with van der Waals surface area (Å²) < 4.78 is 5.37. The Kier molecular flexibility index (Phi) is 6.92. The zero-order valence-electron chi connectivity index (χ0n) is 17.6. The van der Waals surface area contributed by atoms with Gasteiger partial charge in [0.2, 0.25) is 0 Å². The van der Waals surface area contributed by atoms with Gasteiger partial charge in [0, 0.05) is 32.2 Å². The van der Waals surface area contributed by atoms with Crippen LogP contribution < -0.4 is 10.6 Å². The fourth-order valence-corrected chi connectivity index (χ4v) is 3.50. The van der Waals surface area contributed by atoms with E-state index < -0.39 is 11.6 Å². The highest BCUT2D eigenvalue weighted by atomic mass is 16.5. The van der Waals surface area contributed by atoms with E-state index in [1.165, 1.54) is 5.56 Å². The van der Waals surface area contributed by atoms with E-state index in [1.807, 2.05) is 30.3 Å². The third kappa shape index (κ3) is 5.16. The number of aliphatic hydroxyl groups excluding tert-OH is 1. The Morgan fingerprint density at radius 3 is 2.52 bits per heavy atom. The van der Waals surface area contributed by atoms with E-state index in [4.69, 9.17) is 15.5 Å². The molecule has 3 N–H and O–H groups in total. The molecular weight excluding hydrogens is 362 g/mol. The summed E-state index contributed by atoms with van der Waals surface area (Å²) in [5, 5.41) is 10.2. The summed E-state index contributed by atoms with van der Waals surface area (Å²) in [5.74, 6) is 7.39. The van der Waals surface area contributed by atoms with E-state index in [0.717, 1.165) is 29.9 Å². The minimum atomic E-state index is -0.509. The summed E-state index contributed by atoms with van der Waals surface area (Å²) in [6.07, 6.45) is 1.60. The molecule has 1 aromatic heterocycles. The number of nitrogens with zero attached hydrogens (tertiary/aromatic N) is 2. The molecule has 2 atom stereocenters. The summed E-state index contributed by atoms with van der Waals surface area (Å²) in [5.41, 5.74) is 8.90. The highest BCUT2D eigenvalue weighted by molar-refractivity contribution is 5.50. The molecule has 0 amide bonds. The first-order chi connectivity index (χ1) is 14.0. The predicted molar refractivity (Wildman–Crippen MR) is 117 cm³/mol. The molecule has 0 radical (unpaired) electrons. The first kappa shape index (κ1) is 21.3. The Balaban J connectivity index is 1.95. The second kappa shape index (κ2) is 9.41. The third-order valence-corrected chi connectivity index (χ3v) is 5.75. The SMILES string of the molecule is CCC(N)(C#Cc1ccc(N2CC(O)C(OC)C2)nc1Cc1ccccc1)CC. The van der Waals surface area contributed by atoms with Crippen molar-refractivity contribution >= 4 is 5.82 Å². The summed E-state index contributed by atoms with van der Waals surface area (Å²) >= 11 is 0. The van der Waals surface area contributed by atoms with Gasteiger partial charge in [-0.3, -0.25) is 0 Å². The maximum atomic E-state index is 10.2. The smallest absolute Gasteiger partial charge is 0.129 e. The zero-order chi connectivity index (χ0) is 20.9. The molecule has 5 nitrogen and oxygen atoms in total. The number of aromatic nitrogens is 1. The third-order valence-electron chi connectivity index (χ3n) is 5.75. The normalized spacial score (nSPS) is 19.1. The van der Waals surface area contributed by atoms with Gasteiger partial charge in [0.05, 0.1) is 17.3 Å². The van der Waals surface area contributed by atoms with E-state index in [0.29, 0.717) is 19.5 Å². The standard InChI is InChI=1S/C24H31N3O2/c1-4-24(25,5-2)14-13-19-11-12-23(27-16-21(28)22(17-27)29-3)26-20(19)15-18-9-7-6-8-10-18/h6-12,21-22,28H,4-5,15-17,25H2,1-3H3. The van der Waals surface area contributed by atoms with Crippen LogP contribution in [0.1, 0.15) is 43.5 Å². The number of nitrogens with two attached hydrogens (primary N) is 1. The van der Waals surface area contributed by atoms with Crippen LogP contribution in [0.2, 0.25) is 0 Å².